The molecule has 3 nitrogen and oxygen atoms in total. The molecule has 4 rings (SSSR count). The first-order chi connectivity index (χ1) is 10.7. The Bertz CT molecular complexity index is 616. The molecule has 4 aliphatic rings. The molecule has 0 amide bonds. The molecule has 0 spiro atoms. The quantitative estimate of drug-likeness (QED) is 0.731. The molecule has 8 atom stereocenters. The Morgan fingerprint density at radius 1 is 1.26 bits per heavy atom. The number of carbonyl (C=O) groups is 1. The second kappa shape index (κ2) is 4.58. The third kappa shape index (κ3) is 1.87. The van der Waals surface area contributed by atoms with E-state index in [1.165, 1.54) is 5.57 Å². The van der Waals surface area contributed by atoms with Crippen LogP contribution in [0.3, 0.4) is 0 Å². The lowest BCUT2D eigenvalue weighted by atomic mass is 9.73. The minimum absolute atomic E-state index is 0.112. The highest BCUT2D eigenvalue weighted by Crippen LogP contribution is 2.75. The molecule has 0 aromatic heterocycles. The molecule has 0 aromatic carbocycles. The van der Waals surface area contributed by atoms with Crippen molar-refractivity contribution in [3.05, 3.63) is 23.8 Å². The number of hydrogen-bond acceptors (Lipinski definition) is 3. The maximum absolute atomic E-state index is 12.6. The van der Waals surface area contributed by atoms with Crippen LogP contribution in [0.2, 0.25) is 0 Å². The Hall–Kier alpha value is -0.930. The number of carbonyl (C=O) groups excluding carboxylic acids is 1. The predicted molar refractivity (Wildman–Crippen MR) is 88.6 cm³/mol. The van der Waals surface area contributed by atoms with Crippen molar-refractivity contribution in [2.24, 2.45) is 35.0 Å². The molecule has 0 aromatic rings. The number of aliphatic hydroxyl groups is 2. The first-order valence-corrected chi connectivity index (χ1v) is 9.00. The SMILES string of the molecule is C=C1CCC2C(C3C1CCC3(C)O)C2(C)C1C(=O)C(C)=CC1O. The van der Waals surface area contributed by atoms with Gasteiger partial charge in [0.15, 0.2) is 5.78 Å². The van der Waals surface area contributed by atoms with E-state index in [1.54, 1.807) is 6.08 Å². The van der Waals surface area contributed by atoms with Gasteiger partial charge in [0.2, 0.25) is 0 Å². The van der Waals surface area contributed by atoms with Crippen LogP contribution >= 0.6 is 0 Å². The summed E-state index contributed by atoms with van der Waals surface area (Å²) in [6.07, 6.45) is 4.93. The molecular formula is C20H28O3. The van der Waals surface area contributed by atoms with Crippen LogP contribution in [0.25, 0.3) is 0 Å². The summed E-state index contributed by atoms with van der Waals surface area (Å²) >= 11 is 0. The topological polar surface area (TPSA) is 57.5 Å². The van der Waals surface area contributed by atoms with E-state index in [9.17, 15) is 15.0 Å². The number of hydrogen-bond donors (Lipinski definition) is 2. The predicted octanol–water partition coefficient (Wildman–Crippen LogP) is 2.87. The third-order valence-electron chi connectivity index (χ3n) is 7.75. The number of aliphatic hydroxyl groups excluding tert-OH is 1. The van der Waals surface area contributed by atoms with Crippen molar-refractivity contribution in [3.63, 3.8) is 0 Å². The summed E-state index contributed by atoms with van der Waals surface area (Å²) in [5, 5.41) is 21.5. The molecule has 3 saturated carbocycles. The van der Waals surface area contributed by atoms with E-state index in [4.69, 9.17) is 0 Å². The Balaban J connectivity index is 1.72. The standard InChI is InChI=1S/C20H28O3/c1-10-5-6-13-16(15-12(10)7-8-19(15,3)23)20(13,4)17-14(21)9-11(2)18(17)22/h9,12-17,21,23H,1,5-8H2,2-4H3. The summed E-state index contributed by atoms with van der Waals surface area (Å²) in [7, 11) is 0. The van der Waals surface area contributed by atoms with Gasteiger partial charge in [-0.25, -0.2) is 0 Å². The average Bonchev–Trinajstić information content (AvgIpc) is 2.82. The van der Waals surface area contributed by atoms with Gasteiger partial charge in [-0.1, -0.05) is 19.1 Å². The van der Waals surface area contributed by atoms with E-state index >= 15 is 0 Å². The first kappa shape index (κ1) is 15.6. The lowest BCUT2D eigenvalue weighted by Gasteiger charge is -2.34. The Labute approximate surface area is 138 Å². The largest absolute Gasteiger partial charge is 0.390 e. The summed E-state index contributed by atoms with van der Waals surface area (Å²) in [5.41, 5.74) is 1.13. The number of fused-ring (bicyclic) bond motifs is 3. The van der Waals surface area contributed by atoms with Crippen LogP contribution in [0.15, 0.2) is 23.8 Å². The number of ketones is 1. The van der Waals surface area contributed by atoms with E-state index in [2.05, 4.69) is 13.5 Å². The van der Waals surface area contributed by atoms with Gasteiger partial charge in [0.25, 0.3) is 0 Å². The zero-order valence-electron chi connectivity index (χ0n) is 14.4. The van der Waals surface area contributed by atoms with Gasteiger partial charge in [0.05, 0.1) is 17.6 Å². The molecule has 23 heavy (non-hydrogen) atoms. The minimum Gasteiger partial charge on any atom is -0.390 e. The molecule has 8 unspecified atom stereocenters. The summed E-state index contributed by atoms with van der Waals surface area (Å²) in [6, 6.07) is 0. The fourth-order valence-corrected chi connectivity index (χ4v) is 6.56. The van der Waals surface area contributed by atoms with Gasteiger partial charge in [-0.05, 0) is 80.3 Å². The minimum atomic E-state index is -0.673. The molecule has 2 N–H and O–H groups in total. The molecule has 126 valence electrons. The fourth-order valence-electron chi connectivity index (χ4n) is 6.56. The Morgan fingerprint density at radius 3 is 2.57 bits per heavy atom. The summed E-state index contributed by atoms with van der Waals surface area (Å²) in [4.78, 5) is 12.6. The van der Waals surface area contributed by atoms with Crippen LogP contribution in [-0.4, -0.2) is 27.7 Å². The lowest BCUT2D eigenvalue weighted by Crippen LogP contribution is -2.38. The zero-order valence-corrected chi connectivity index (χ0v) is 14.4. The highest BCUT2D eigenvalue weighted by molar-refractivity contribution is 6.00. The van der Waals surface area contributed by atoms with Crippen LogP contribution in [0, 0.1) is 35.0 Å². The maximum Gasteiger partial charge on any atom is 0.164 e. The van der Waals surface area contributed by atoms with E-state index in [1.807, 2.05) is 13.8 Å². The number of allylic oxidation sites excluding steroid dienone is 2. The molecule has 0 heterocycles. The van der Waals surface area contributed by atoms with Gasteiger partial charge in [-0.15, -0.1) is 0 Å². The van der Waals surface area contributed by atoms with Gasteiger partial charge < -0.3 is 10.2 Å². The number of rotatable bonds is 1. The Morgan fingerprint density at radius 2 is 1.96 bits per heavy atom. The van der Waals surface area contributed by atoms with Crippen LogP contribution in [0.5, 0.6) is 0 Å². The smallest absolute Gasteiger partial charge is 0.164 e. The monoisotopic (exact) mass is 316 g/mol. The number of Topliss-reactive ketones (excluding diaryl/α,β-unsaturated/α-hetero) is 1. The molecule has 0 saturated heterocycles. The van der Waals surface area contributed by atoms with Gasteiger partial charge in [0.1, 0.15) is 0 Å². The summed E-state index contributed by atoms with van der Waals surface area (Å²) < 4.78 is 0. The average molecular weight is 316 g/mol. The van der Waals surface area contributed by atoms with E-state index in [0.717, 1.165) is 25.7 Å². The van der Waals surface area contributed by atoms with Gasteiger partial charge >= 0.3 is 0 Å². The van der Waals surface area contributed by atoms with Crippen molar-refractivity contribution >= 4 is 5.78 Å². The van der Waals surface area contributed by atoms with Crippen molar-refractivity contribution in [2.45, 2.75) is 58.2 Å². The highest BCUT2D eigenvalue weighted by atomic mass is 16.3. The molecular weight excluding hydrogens is 288 g/mol. The molecule has 0 bridgehead atoms. The molecule has 3 heteroatoms. The molecule has 0 aliphatic heterocycles. The van der Waals surface area contributed by atoms with Crippen LogP contribution in [0.1, 0.15) is 46.5 Å². The van der Waals surface area contributed by atoms with Crippen molar-refractivity contribution in [3.8, 4) is 0 Å². The second-order valence-corrected chi connectivity index (χ2v) is 8.91. The Kier molecular flexibility index (Phi) is 3.10. The first-order valence-electron chi connectivity index (χ1n) is 9.00. The van der Waals surface area contributed by atoms with Gasteiger partial charge in [-0.2, -0.15) is 0 Å². The van der Waals surface area contributed by atoms with E-state index < -0.39 is 11.7 Å². The summed E-state index contributed by atoms with van der Waals surface area (Å²) in [5.74, 6) is 1.11. The highest BCUT2D eigenvalue weighted by Gasteiger charge is 2.73. The lowest BCUT2D eigenvalue weighted by molar-refractivity contribution is -0.123. The second-order valence-electron chi connectivity index (χ2n) is 8.91. The van der Waals surface area contributed by atoms with Crippen LogP contribution in [0.4, 0.5) is 0 Å². The van der Waals surface area contributed by atoms with Crippen molar-refractivity contribution in [1.29, 1.82) is 0 Å². The van der Waals surface area contributed by atoms with E-state index in [0.29, 0.717) is 23.3 Å². The molecule has 0 radical (unpaired) electrons. The van der Waals surface area contributed by atoms with Crippen molar-refractivity contribution < 1.29 is 15.0 Å². The van der Waals surface area contributed by atoms with Gasteiger partial charge in [0, 0.05) is 0 Å². The summed E-state index contributed by atoms with van der Waals surface area (Å²) in [6.45, 7) is 10.2. The normalized spacial score (nSPS) is 55.3. The third-order valence-corrected chi connectivity index (χ3v) is 7.75. The zero-order chi connectivity index (χ0) is 16.7. The maximum atomic E-state index is 12.6. The van der Waals surface area contributed by atoms with E-state index in [-0.39, 0.29) is 23.0 Å². The van der Waals surface area contributed by atoms with Crippen LogP contribution in [-0.2, 0) is 4.79 Å². The fraction of sp³-hybridized carbons (Fsp3) is 0.750. The van der Waals surface area contributed by atoms with Crippen molar-refractivity contribution in [2.75, 3.05) is 0 Å². The van der Waals surface area contributed by atoms with Gasteiger partial charge in [-0.3, -0.25) is 4.79 Å². The van der Waals surface area contributed by atoms with Crippen molar-refractivity contribution in [1.82, 2.24) is 0 Å². The molecule has 3 fully saturated rings. The van der Waals surface area contributed by atoms with Crippen LogP contribution < -0.4 is 0 Å². The molecule has 4 aliphatic carbocycles.